The maximum Gasteiger partial charge on any atom is 0.222 e. The van der Waals surface area contributed by atoms with Crippen LogP contribution in [0.2, 0.25) is 0 Å². The predicted molar refractivity (Wildman–Crippen MR) is 56.0 cm³/mol. The van der Waals surface area contributed by atoms with E-state index in [1.807, 2.05) is 18.2 Å². The fraction of sp³-hybridized carbons (Fsp3) is 0. The molecular weight excluding hydrogens is 192 g/mol. The number of nitrogens with one attached hydrogen (secondary N) is 1. The van der Waals surface area contributed by atoms with Gasteiger partial charge in [-0.1, -0.05) is 17.3 Å². The number of rotatable bonds is 1. The molecule has 5 nitrogen and oxygen atoms in total. The lowest BCUT2D eigenvalue weighted by atomic mass is 10.1. The molecule has 0 bridgehead atoms. The summed E-state index contributed by atoms with van der Waals surface area (Å²) in [6, 6.07) is 7.57. The average Bonchev–Trinajstić information content (AvgIpc) is 2.84. The predicted octanol–water partition coefficient (Wildman–Crippen LogP) is 1.80. The minimum absolute atomic E-state index is 0.315. The Balaban J connectivity index is 2.18. The van der Waals surface area contributed by atoms with E-state index in [0.29, 0.717) is 5.88 Å². The van der Waals surface area contributed by atoms with Crippen LogP contribution >= 0.6 is 0 Å². The molecule has 3 rings (SSSR count). The van der Waals surface area contributed by atoms with Crippen LogP contribution in [0.1, 0.15) is 0 Å². The smallest absolute Gasteiger partial charge is 0.222 e. The van der Waals surface area contributed by atoms with Gasteiger partial charge >= 0.3 is 0 Å². The number of nitrogen functional groups attached to an aromatic ring is 1. The molecule has 3 N–H and O–H groups in total. The number of nitrogens with two attached hydrogens (primary N) is 1. The van der Waals surface area contributed by atoms with E-state index >= 15 is 0 Å². The number of fused-ring (bicyclic) bond motifs is 1. The monoisotopic (exact) mass is 200 g/mol. The molecule has 0 aliphatic rings. The first kappa shape index (κ1) is 8.05. The largest absolute Gasteiger partial charge is 0.368 e. The van der Waals surface area contributed by atoms with Crippen LogP contribution in [0, 0.1) is 0 Å². The minimum Gasteiger partial charge on any atom is -0.368 e. The molecule has 0 aliphatic carbocycles. The van der Waals surface area contributed by atoms with Crippen molar-refractivity contribution in [3.05, 3.63) is 30.5 Å². The summed E-state index contributed by atoms with van der Waals surface area (Å²) in [5.74, 6) is 0.315. The maximum atomic E-state index is 5.46. The van der Waals surface area contributed by atoms with Crippen LogP contribution in [0.25, 0.3) is 22.2 Å². The van der Waals surface area contributed by atoms with Gasteiger partial charge in [-0.15, -0.1) is 0 Å². The molecule has 0 amide bonds. The standard InChI is InChI=1S/C10H8N4O/c11-10-4-9(14-15-10)6-1-2-7-5-12-13-8(7)3-6/h1-5H,11H2,(H,12,13). The molecule has 1 aromatic carbocycles. The molecule has 15 heavy (non-hydrogen) atoms. The summed E-state index contributed by atoms with van der Waals surface area (Å²) in [5.41, 5.74) is 8.10. The van der Waals surface area contributed by atoms with E-state index in [-0.39, 0.29) is 0 Å². The molecule has 0 unspecified atom stereocenters. The van der Waals surface area contributed by atoms with Crippen molar-refractivity contribution < 1.29 is 4.52 Å². The van der Waals surface area contributed by atoms with Crippen molar-refractivity contribution in [2.75, 3.05) is 5.73 Å². The maximum absolute atomic E-state index is 5.46. The van der Waals surface area contributed by atoms with Crippen molar-refractivity contribution in [2.24, 2.45) is 0 Å². The molecule has 3 aromatic rings. The molecule has 0 fully saturated rings. The summed E-state index contributed by atoms with van der Waals surface area (Å²) in [6.45, 7) is 0. The quantitative estimate of drug-likeness (QED) is 0.627. The van der Waals surface area contributed by atoms with E-state index in [1.54, 1.807) is 12.3 Å². The third-order valence-corrected chi connectivity index (χ3v) is 2.27. The lowest BCUT2D eigenvalue weighted by molar-refractivity contribution is 0.439. The Morgan fingerprint density at radius 3 is 3.00 bits per heavy atom. The zero-order chi connectivity index (χ0) is 10.3. The molecule has 0 saturated heterocycles. The van der Waals surface area contributed by atoms with Crippen LogP contribution < -0.4 is 5.73 Å². The zero-order valence-electron chi connectivity index (χ0n) is 7.77. The number of benzene rings is 1. The highest BCUT2D eigenvalue weighted by molar-refractivity contribution is 5.83. The van der Waals surface area contributed by atoms with Crippen molar-refractivity contribution in [2.45, 2.75) is 0 Å². The van der Waals surface area contributed by atoms with E-state index in [9.17, 15) is 0 Å². The highest BCUT2D eigenvalue weighted by Gasteiger charge is 2.05. The Kier molecular flexibility index (Phi) is 1.53. The Morgan fingerprint density at radius 1 is 1.27 bits per heavy atom. The molecule has 0 aliphatic heterocycles. The number of hydrogen-bond donors (Lipinski definition) is 2. The van der Waals surface area contributed by atoms with Crippen LogP contribution in [-0.4, -0.2) is 15.4 Å². The van der Waals surface area contributed by atoms with E-state index in [2.05, 4.69) is 15.4 Å². The third-order valence-electron chi connectivity index (χ3n) is 2.27. The lowest BCUT2D eigenvalue weighted by Crippen LogP contribution is -1.78. The number of aromatic amines is 1. The molecule has 2 heterocycles. The summed E-state index contributed by atoms with van der Waals surface area (Å²) in [5, 5.41) is 11.8. The Hall–Kier alpha value is -2.30. The lowest BCUT2D eigenvalue weighted by Gasteiger charge is -1.94. The summed E-state index contributed by atoms with van der Waals surface area (Å²) >= 11 is 0. The summed E-state index contributed by atoms with van der Waals surface area (Å²) in [6.07, 6.45) is 1.77. The van der Waals surface area contributed by atoms with Gasteiger partial charge in [0, 0.05) is 17.0 Å². The van der Waals surface area contributed by atoms with Gasteiger partial charge in [-0.2, -0.15) is 5.10 Å². The van der Waals surface area contributed by atoms with Gasteiger partial charge in [-0.25, -0.2) is 0 Å². The third kappa shape index (κ3) is 1.25. The van der Waals surface area contributed by atoms with Crippen LogP contribution in [0.5, 0.6) is 0 Å². The Morgan fingerprint density at radius 2 is 2.20 bits per heavy atom. The van der Waals surface area contributed by atoms with Crippen LogP contribution in [0.15, 0.2) is 35.0 Å². The molecule has 0 radical (unpaired) electrons. The van der Waals surface area contributed by atoms with Crippen molar-refractivity contribution >= 4 is 16.8 Å². The summed E-state index contributed by atoms with van der Waals surface area (Å²) in [4.78, 5) is 0. The van der Waals surface area contributed by atoms with Gasteiger partial charge in [-0.3, -0.25) is 5.10 Å². The van der Waals surface area contributed by atoms with E-state index < -0.39 is 0 Å². The van der Waals surface area contributed by atoms with Crippen molar-refractivity contribution in [1.29, 1.82) is 0 Å². The number of hydrogen-bond acceptors (Lipinski definition) is 4. The number of nitrogens with zero attached hydrogens (tertiary/aromatic N) is 2. The van der Waals surface area contributed by atoms with Crippen molar-refractivity contribution in [3.8, 4) is 11.3 Å². The fourth-order valence-corrected chi connectivity index (χ4v) is 1.52. The van der Waals surface area contributed by atoms with Gasteiger partial charge in [0.15, 0.2) is 0 Å². The molecule has 2 aromatic heterocycles. The topological polar surface area (TPSA) is 80.7 Å². The van der Waals surface area contributed by atoms with Crippen molar-refractivity contribution in [3.63, 3.8) is 0 Å². The highest BCUT2D eigenvalue weighted by Crippen LogP contribution is 2.23. The van der Waals surface area contributed by atoms with Gasteiger partial charge in [-0.05, 0) is 6.07 Å². The van der Waals surface area contributed by atoms with Gasteiger partial charge in [0.25, 0.3) is 0 Å². The average molecular weight is 200 g/mol. The SMILES string of the molecule is Nc1cc(-c2ccc3cn[nH]c3c2)no1. The van der Waals surface area contributed by atoms with E-state index in [4.69, 9.17) is 10.3 Å². The normalized spacial score (nSPS) is 10.9. The minimum atomic E-state index is 0.315. The Labute approximate surface area is 84.9 Å². The molecule has 5 heteroatoms. The molecule has 74 valence electrons. The number of anilines is 1. The number of aromatic nitrogens is 3. The summed E-state index contributed by atoms with van der Waals surface area (Å²) < 4.78 is 4.81. The number of H-pyrrole nitrogens is 1. The molecular formula is C10H8N4O. The zero-order valence-corrected chi connectivity index (χ0v) is 7.77. The molecule has 0 saturated carbocycles. The second-order valence-electron chi connectivity index (χ2n) is 3.29. The van der Waals surface area contributed by atoms with Crippen LogP contribution in [0.3, 0.4) is 0 Å². The summed E-state index contributed by atoms with van der Waals surface area (Å²) in [7, 11) is 0. The van der Waals surface area contributed by atoms with E-state index in [1.165, 1.54) is 0 Å². The van der Waals surface area contributed by atoms with Crippen LogP contribution in [-0.2, 0) is 0 Å². The van der Waals surface area contributed by atoms with E-state index in [0.717, 1.165) is 22.2 Å². The van der Waals surface area contributed by atoms with Gasteiger partial charge in [0.05, 0.1) is 11.7 Å². The van der Waals surface area contributed by atoms with Crippen molar-refractivity contribution in [1.82, 2.24) is 15.4 Å². The first-order valence-electron chi connectivity index (χ1n) is 4.48. The van der Waals surface area contributed by atoms with Gasteiger partial charge in [0.2, 0.25) is 5.88 Å². The second kappa shape index (κ2) is 2.84. The second-order valence-corrected chi connectivity index (χ2v) is 3.29. The fourth-order valence-electron chi connectivity index (χ4n) is 1.52. The van der Waals surface area contributed by atoms with Gasteiger partial charge in [0.1, 0.15) is 5.69 Å². The molecule has 0 atom stereocenters. The molecule has 0 spiro atoms. The Bertz CT molecular complexity index is 610. The van der Waals surface area contributed by atoms with Crippen LogP contribution in [0.4, 0.5) is 5.88 Å². The first-order chi connectivity index (χ1) is 7.33. The van der Waals surface area contributed by atoms with Gasteiger partial charge < -0.3 is 10.3 Å². The highest BCUT2D eigenvalue weighted by atomic mass is 16.5. The first-order valence-corrected chi connectivity index (χ1v) is 4.48.